The number of rotatable bonds is 5. The Kier molecular flexibility index (Phi) is 4.73. The summed E-state index contributed by atoms with van der Waals surface area (Å²) in [6, 6.07) is 0.286. The molecule has 0 aliphatic heterocycles. The van der Waals surface area contributed by atoms with Crippen LogP contribution in [-0.2, 0) is 11.2 Å². The van der Waals surface area contributed by atoms with Crippen LogP contribution >= 0.6 is 11.3 Å². The van der Waals surface area contributed by atoms with Gasteiger partial charge in [0.1, 0.15) is 0 Å². The van der Waals surface area contributed by atoms with Crippen molar-refractivity contribution >= 4 is 22.4 Å². The fourth-order valence-electron chi connectivity index (χ4n) is 1.54. The van der Waals surface area contributed by atoms with Crippen molar-refractivity contribution in [1.29, 1.82) is 0 Å². The number of likely N-dealkylation sites (N-methyl/N-ethyl adjacent to an activating group) is 1. The first-order chi connectivity index (χ1) is 7.54. The van der Waals surface area contributed by atoms with Gasteiger partial charge in [-0.15, -0.1) is 11.3 Å². The molecule has 1 atom stereocenters. The second-order valence-electron chi connectivity index (χ2n) is 4.00. The molecule has 16 heavy (non-hydrogen) atoms. The van der Waals surface area contributed by atoms with E-state index in [1.807, 2.05) is 12.4 Å². The van der Waals surface area contributed by atoms with Gasteiger partial charge in [0.2, 0.25) is 5.91 Å². The predicted octanol–water partition coefficient (Wildman–Crippen LogP) is 1.91. The quantitative estimate of drug-likeness (QED) is 0.856. The highest BCUT2D eigenvalue weighted by Gasteiger charge is 2.16. The van der Waals surface area contributed by atoms with E-state index in [4.69, 9.17) is 5.73 Å². The third-order valence-electron chi connectivity index (χ3n) is 2.66. The Labute approximate surface area is 100 Å². The zero-order valence-electron chi connectivity index (χ0n) is 10.1. The molecule has 1 aromatic rings. The summed E-state index contributed by atoms with van der Waals surface area (Å²) in [5.74, 6) is 0.103. The first-order valence-corrected chi connectivity index (χ1v) is 6.38. The van der Waals surface area contributed by atoms with Crippen molar-refractivity contribution in [2.45, 2.75) is 39.2 Å². The Morgan fingerprint density at radius 3 is 2.88 bits per heavy atom. The van der Waals surface area contributed by atoms with Gasteiger partial charge in [-0.25, -0.2) is 4.98 Å². The summed E-state index contributed by atoms with van der Waals surface area (Å²) < 4.78 is 0. The molecule has 4 nitrogen and oxygen atoms in total. The van der Waals surface area contributed by atoms with Crippen LogP contribution in [0.15, 0.2) is 5.38 Å². The normalized spacial score (nSPS) is 12.4. The minimum atomic E-state index is 0.103. The number of carbonyl (C=O) groups excluding carboxylic acids is 1. The van der Waals surface area contributed by atoms with Crippen molar-refractivity contribution in [3.8, 4) is 0 Å². The van der Waals surface area contributed by atoms with Gasteiger partial charge < -0.3 is 10.6 Å². The zero-order valence-corrected chi connectivity index (χ0v) is 10.9. The Balaban J connectivity index is 2.51. The molecule has 0 aromatic carbocycles. The van der Waals surface area contributed by atoms with E-state index in [9.17, 15) is 4.79 Å². The fraction of sp³-hybridized carbons (Fsp3) is 0.636. The van der Waals surface area contributed by atoms with Crippen molar-refractivity contribution in [1.82, 2.24) is 9.88 Å². The van der Waals surface area contributed by atoms with Crippen LogP contribution in [0.1, 0.15) is 32.4 Å². The third-order valence-corrected chi connectivity index (χ3v) is 3.39. The summed E-state index contributed by atoms with van der Waals surface area (Å²) in [6.07, 6.45) is 2.46. The van der Waals surface area contributed by atoms with E-state index in [0.717, 1.165) is 18.5 Å². The van der Waals surface area contributed by atoms with E-state index in [-0.39, 0.29) is 11.9 Å². The van der Waals surface area contributed by atoms with Crippen LogP contribution in [0.2, 0.25) is 0 Å². The number of hydrogen-bond acceptors (Lipinski definition) is 4. The monoisotopic (exact) mass is 241 g/mol. The van der Waals surface area contributed by atoms with Gasteiger partial charge >= 0.3 is 0 Å². The summed E-state index contributed by atoms with van der Waals surface area (Å²) >= 11 is 1.37. The molecule has 0 radical (unpaired) electrons. The largest absolute Gasteiger partial charge is 0.375 e. The van der Waals surface area contributed by atoms with Crippen LogP contribution in [-0.4, -0.2) is 28.9 Å². The number of thiazole rings is 1. The van der Waals surface area contributed by atoms with Crippen LogP contribution in [0.5, 0.6) is 0 Å². The van der Waals surface area contributed by atoms with Crippen LogP contribution < -0.4 is 5.73 Å². The highest BCUT2D eigenvalue weighted by Crippen LogP contribution is 2.13. The molecule has 1 unspecified atom stereocenters. The lowest BCUT2D eigenvalue weighted by molar-refractivity contribution is -0.131. The molecule has 0 spiro atoms. The van der Waals surface area contributed by atoms with Crippen LogP contribution in [0.25, 0.3) is 0 Å². The third kappa shape index (κ3) is 3.48. The lowest BCUT2D eigenvalue weighted by Crippen LogP contribution is -2.36. The van der Waals surface area contributed by atoms with Gasteiger partial charge in [0, 0.05) is 18.5 Å². The summed E-state index contributed by atoms with van der Waals surface area (Å²) in [6.45, 7) is 4.19. The van der Waals surface area contributed by atoms with Crippen molar-refractivity contribution < 1.29 is 4.79 Å². The van der Waals surface area contributed by atoms with Gasteiger partial charge in [-0.05, 0) is 13.3 Å². The summed E-state index contributed by atoms with van der Waals surface area (Å²) in [7, 11) is 1.85. The first kappa shape index (κ1) is 13.0. The maximum absolute atomic E-state index is 11.9. The maximum Gasteiger partial charge on any atom is 0.228 e. The minimum absolute atomic E-state index is 0.103. The molecule has 90 valence electrons. The van der Waals surface area contributed by atoms with Gasteiger partial charge in [0.05, 0.1) is 12.1 Å². The van der Waals surface area contributed by atoms with E-state index < -0.39 is 0 Å². The highest BCUT2D eigenvalue weighted by molar-refractivity contribution is 7.13. The minimum Gasteiger partial charge on any atom is -0.375 e. The van der Waals surface area contributed by atoms with E-state index >= 15 is 0 Å². The molecule has 0 fully saturated rings. The van der Waals surface area contributed by atoms with Gasteiger partial charge in [-0.3, -0.25) is 4.79 Å². The molecule has 0 aliphatic rings. The zero-order chi connectivity index (χ0) is 12.1. The number of amides is 1. The molecular formula is C11H19N3OS. The average molecular weight is 241 g/mol. The molecule has 1 amide bonds. The van der Waals surface area contributed by atoms with Crippen LogP contribution in [0.3, 0.4) is 0 Å². The first-order valence-electron chi connectivity index (χ1n) is 5.50. The predicted molar refractivity (Wildman–Crippen MR) is 67.4 cm³/mol. The molecule has 2 N–H and O–H groups in total. The molecule has 1 rings (SSSR count). The Bertz CT molecular complexity index is 351. The summed E-state index contributed by atoms with van der Waals surface area (Å²) in [5, 5.41) is 2.36. The van der Waals surface area contributed by atoms with Gasteiger partial charge in [-0.2, -0.15) is 0 Å². The van der Waals surface area contributed by atoms with Crippen molar-refractivity contribution in [2.75, 3.05) is 12.8 Å². The lowest BCUT2D eigenvalue weighted by Gasteiger charge is -2.24. The maximum atomic E-state index is 11.9. The van der Waals surface area contributed by atoms with Crippen molar-refractivity contribution in [3.63, 3.8) is 0 Å². The SMILES string of the molecule is CCCC(C)N(C)C(=O)Cc1csc(N)n1. The summed E-state index contributed by atoms with van der Waals surface area (Å²) in [4.78, 5) is 17.8. The lowest BCUT2D eigenvalue weighted by atomic mass is 10.1. The second-order valence-corrected chi connectivity index (χ2v) is 4.89. The average Bonchev–Trinajstić information content (AvgIpc) is 2.63. The fourth-order valence-corrected chi connectivity index (χ4v) is 2.10. The molecular weight excluding hydrogens is 222 g/mol. The Hall–Kier alpha value is -1.10. The number of hydrogen-bond donors (Lipinski definition) is 1. The van der Waals surface area contributed by atoms with Gasteiger partial charge in [0.25, 0.3) is 0 Å². The van der Waals surface area contributed by atoms with Gasteiger partial charge in [-0.1, -0.05) is 13.3 Å². The van der Waals surface area contributed by atoms with Crippen LogP contribution in [0.4, 0.5) is 5.13 Å². The molecule has 0 aliphatic carbocycles. The van der Waals surface area contributed by atoms with E-state index in [1.54, 1.807) is 4.90 Å². The molecule has 5 heteroatoms. The highest BCUT2D eigenvalue weighted by atomic mass is 32.1. The van der Waals surface area contributed by atoms with Crippen LogP contribution in [0, 0.1) is 0 Å². The second kappa shape index (κ2) is 5.84. The molecule has 0 saturated carbocycles. The van der Waals surface area contributed by atoms with E-state index in [0.29, 0.717) is 11.6 Å². The molecule has 1 aromatic heterocycles. The summed E-state index contributed by atoms with van der Waals surface area (Å²) in [5.41, 5.74) is 6.29. The standard InChI is InChI=1S/C11H19N3OS/c1-4-5-8(2)14(3)10(15)6-9-7-16-11(12)13-9/h7-8H,4-6H2,1-3H3,(H2,12,13). The van der Waals surface area contributed by atoms with E-state index in [1.165, 1.54) is 11.3 Å². The number of carbonyl (C=O) groups is 1. The Morgan fingerprint density at radius 1 is 1.69 bits per heavy atom. The number of anilines is 1. The van der Waals surface area contributed by atoms with Gasteiger partial charge in [0.15, 0.2) is 5.13 Å². The number of nitrogens with two attached hydrogens (primary N) is 1. The molecule has 0 saturated heterocycles. The number of nitrogens with zero attached hydrogens (tertiary/aromatic N) is 2. The molecule has 0 bridgehead atoms. The number of nitrogen functional groups attached to an aromatic ring is 1. The van der Waals surface area contributed by atoms with E-state index in [2.05, 4.69) is 18.8 Å². The van der Waals surface area contributed by atoms with Crippen molar-refractivity contribution in [2.24, 2.45) is 0 Å². The van der Waals surface area contributed by atoms with Crippen molar-refractivity contribution in [3.05, 3.63) is 11.1 Å². The smallest absolute Gasteiger partial charge is 0.228 e. The topological polar surface area (TPSA) is 59.2 Å². The number of aromatic nitrogens is 1. The molecule has 1 heterocycles. The Morgan fingerprint density at radius 2 is 2.38 bits per heavy atom.